The van der Waals surface area contributed by atoms with Gasteiger partial charge in [0.2, 0.25) is 5.88 Å². The van der Waals surface area contributed by atoms with Gasteiger partial charge in [-0.3, -0.25) is 0 Å². The summed E-state index contributed by atoms with van der Waals surface area (Å²) < 4.78 is 5.46. The lowest BCUT2D eigenvalue weighted by Gasteiger charge is -2.20. The molecule has 0 aromatic carbocycles. The highest BCUT2D eigenvalue weighted by atomic mass is 16.5. The second kappa shape index (κ2) is 4.48. The maximum absolute atomic E-state index is 5.46. The number of hydrogen-bond donors (Lipinski definition) is 1. The highest BCUT2D eigenvalue weighted by Crippen LogP contribution is 2.37. The molecule has 0 atom stereocenters. The van der Waals surface area contributed by atoms with Gasteiger partial charge in [-0.1, -0.05) is 24.4 Å². The van der Waals surface area contributed by atoms with Gasteiger partial charge in [0.1, 0.15) is 0 Å². The van der Waals surface area contributed by atoms with Gasteiger partial charge in [-0.05, 0) is 32.1 Å². The maximum atomic E-state index is 5.46. The van der Waals surface area contributed by atoms with E-state index in [0.29, 0.717) is 5.92 Å². The van der Waals surface area contributed by atoms with Gasteiger partial charge in [-0.25, -0.2) is 0 Å². The third-order valence-electron chi connectivity index (χ3n) is 3.95. The number of hydrogen-bond acceptors (Lipinski definition) is 3. The summed E-state index contributed by atoms with van der Waals surface area (Å²) >= 11 is 0. The number of nitrogens with one attached hydrogen (secondary N) is 1. The average Bonchev–Trinajstić information content (AvgIpc) is 2.60. The van der Waals surface area contributed by atoms with Crippen LogP contribution in [0.4, 0.5) is 5.88 Å². The molecular formula is C13H20N2O. The van der Waals surface area contributed by atoms with Crippen LogP contribution in [0, 0.1) is 0 Å². The second-order valence-corrected chi connectivity index (χ2v) is 5.09. The molecule has 3 nitrogen and oxygen atoms in total. The van der Waals surface area contributed by atoms with Crippen molar-refractivity contribution in [2.45, 2.75) is 57.3 Å². The first-order valence-electron chi connectivity index (χ1n) is 6.67. The molecule has 3 rings (SSSR count). The Labute approximate surface area is 96.6 Å². The highest BCUT2D eigenvalue weighted by Gasteiger charge is 2.25. The summed E-state index contributed by atoms with van der Waals surface area (Å²) in [4.78, 5) is 0. The van der Waals surface area contributed by atoms with Crippen LogP contribution in [0.15, 0.2) is 4.52 Å². The first-order valence-corrected chi connectivity index (χ1v) is 6.67. The minimum atomic E-state index is 0.668. The molecule has 2 heterocycles. The van der Waals surface area contributed by atoms with Gasteiger partial charge < -0.3 is 9.84 Å². The van der Waals surface area contributed by atoms with Crippen molar-refractivity contribution in [2.75, 3.05) is 11.9 Å². The van der Waals surface area contributed by atoms with Gasteiger partial charge in [0.15, 0.2) is 0 Å². The van der Waals surface area contributed by atoms with E-state index in [9.17, 15) is 0 Å². The zero-order valence-corrected chi connectivity index (χ0v) is 9.80. The van der Waals surface area contributed by atoms with Crippen molar-refractivity contribution < 1.29 is 4.52 Å². The van der Waals surface area contributed by atoms with Crippen molar-refractivity contribution in [3.63, 3.8) is 0 Å². The predicted molar refractivity (Wildman–Crippen MR) is 63.8 cm³/mol. The zero-order valence-electron chi connectivity index (χ0n) is 9.80. The molecule has 1 aliphatic heterocycles. The first-order chi connectivity index (χ1) is 7.95. The molecule has 16 heavy (non-hydrogen) atoms. The van der Waals surface area contributed by atoms with Gasteiger partial charge in [0.25, 0.3) is 0 Å². The molecule has 0 unspecified atom stereocenters. The van der Waals surface area contributed by atoms with E-state index < -0.39 is 0 Å². The molecular weight excluding hydrogens is 200 g/mol. The van der Waals surface area contributed by atoms with Crippen LogP contribution >= 0.6 is 0 Å². The summed E-state index contributed by atoms with van der Waals surface area (Å²) in [5.74, 6) is 1.62. The van der Waals surface area contributed by atoms with E-state index in [1.807, 2.05) is 0 Å². The van der Waals surface area contributed by atoms with E-state index in [2.05, 4.69) is 10.5 Å². The molecule has 0 bridgehead atoms. The smallest absolute Gasteiger partial charge is 0.228 e. The Morgan fingerprint density at radius 2 is 1.94 bits per heavy atom. The third-order valence-corrected chi connectivity index (χ3v) is 3.95. The number of anilines is 1. The Balaban J connectivity index is 1.86. The molecule has 1 saturated carbocycles. The van der Waals surface area contributed by atoms with Crippen LogP contribution in [0.1, 0.15) is 62.1 Å². The Bertz CT molecular complexity index is 353. The van der Waals surface area contributed by atoms with Crippen LogP contribution in [-0.4, -0.2) is 11.7 Å². The summed E-state index contributed by atoms with van der Waals surface area (Å²) in [6.45, 7) is 1.03. The predicted octanol–water partition coefficient (Wildman–Crippen LogP) is 3.47. The Hall–Kier alpha value is -0.990. The molecule has 0 radical (unpaired) electrons. The lowest BCUT2D eigenvalue weighted by molar-refractivity contribution is 0.385. The van der Waals surface area contributed by atoms with Crippen LogP contribution in [0.5, 0.6) is 0 Å². The van der Waals surface area contributed by atoms with Gasteiger partial charge in [-0.2, -0.15) is 0 Å². The van der Waals surface area contributed by atoms with Crippen molar-refractivity contribution in [1.29, 1.82) is 0 Å². The largest absolute Gasteiger partial charge is 0.354 e. The molecule has 88 valence electrons. The van der Waals surface area contributed by atoms with Gasteiger partial charge in [0, 0.05) is 18.0 Å². The minimum absolute atomic E-state index is 0.668. The summed E-state index contributed by atoms with van der Waals surface area (Å²) in [5, 5.41) is 7.68. The average molecular weight is 220 g/mol. The van der Waals surface area contributed by atoms with Crippen molar-refractivity contribution in [2.24, 2.45) is 0 Å². The normalized spacial score (nSPS) is 22.2. The molecule has 0 saturated heterocycles. The lowest BCUT2D eigenvalue weighted by Crippen LogP contribution is -2.07. The molecule has 1 fully saturated rings. The molecule has 1 N–H and O–H groups in total. The topological polar surface area (TPSA) is 38.1 Å². The van der Waals surface area contributed by atoms with Crippen molar-refractivity contribution in [1.82, 2.24) is 5.16 Å². The van der Waals surface area contributed by atoms with E-state index in [-0.39, 0.29) is 0 Å². The van der Waals surface area contributed by atoms with E-state index in [4.69, 9.17) is 4.52 Å². The molecule has 2 aliphatic rings. The summed E-state index contributed by atoms with van der Waals surface area (Å²) in [5.41, 5.74) is 2.65. The van der Waals surface area contributed by atoms with Crippen LogP contribution in [0.3, 0.4) is 0 Å². The maximum Gasteiger partial charge on any atom is 0.228 e. The Kier molecular flexibility index (Phi) is 2.85. The van der Waals surface area contributed by atoms with Gasteiger partial charge >= 0.3 is 0 Å². The second-order valence-electron chi connectivity index (χ2n) is 5.09. The fraction of sp³-hybridized carbons (Fsp3) is 0.769. The minimum Gasteiger partial charge on any atom is -0.354 e. The van der Waals surface area contributed by atoms with Crippen molar-refractivity contribution in [3.8, 4) is 0 Å². The van der Waals surface area contributed by atoms with Crippen molar-refractivity contribution in [3.05, 3.63) is 11.3 Å². The molecule has 1 aromatic heterocycles. The van der Waals surface area contributed by atoms with Gasteiger partial charge in [0.05, 0.1) is 5.69 Å². The summed E-state index contributed by atoms with van der Waals surface area (Å²) in [7, 11) is 0. The van der Waals surface area contributed by atoms with E-state index in [1.54, 1.807) is 0 Å². The van der Waals surface area contributed by atoms with E-state index in [1.165, 1.54) is 56.2 Å². The van der Waals surface area contributed by atoms with Crippen LogP contribution < -0.4 is 5.32 Å². The molecule has 1 aliphatic carbocycles. The summed E-state index contributed by atoms with van der Waals surface area (Å²) in [6.07, 6.45) is 10.4. The zero-order chi connectivity index (χ0) is 10.8. The lowest BCUT2D eigenvalue weighted by atomic mass is 9.85. The summed E-state index contributed by atoms with van der Waals surface area (Å²) in [6, 6.07) is 0. The number of fused-ring (bicyclic) bond motifs is 1. The van der Waals surface area contributed by atoms with Crippen LogP contribution in [0.25, 0.3) is 0 Å². The van der Waals surface area contributed by atoms with Gasteiger partial charge in [-0.15, -0.1) is 0 Å². The Morgan fingerprint density at radius 3 is 2.81 bits per heavy atom. The number of aromatic nitrogens is 1. The van der Waals surface area contributed by atoms with E-state index in [0.717, 1.165) is 18.8 Å². The molecule has 1 aromatic rings. The SMILES string of the molecule is C1CCC(c2noc3c2CCCCN3)CC1. The monoisotopic (exact) mass is 220 g/mol. The van der Waals surface area contributed by atoms with Crippen molar-refractivity contribution >= 4 is 5.88 Å². The fourth-order valence-electron chi connectivity index (χ4n) is 3.03. The Morgan fingerprint density at radius 1 is 1.06 bits per heavy atom. The quantitative estimate of drug-likeness (QED) is 0.787. The molecule has 3 heteroatoms. The fourth-order valence-corrected chi connectivity index (χ4v) is 3.03. The number of rotatable bonds is 1. The highest BCUT2D eigenvalue weighted by molar-refractivity contribution is 5.45. The first kappa shape index (κ1) is 10.2. The van der Waals surface area contributed by atoms with Crippen LogP contribution in [0.2, 0.25) is 0 Å². The molecule has 0 amide bonds. The number of nitrogens with zero attached hydrogens (tertiary/aromatic N) is 1. The third kappa shape index (κ3) is 1.83. The van der Waals surface area contributed by atoms with Crippen LogP contribution in [-0.2, 0) is 6.42 Å². The molecule has 0 spiro atoms. The standard InChI is InChI=1S/C13H20N2O/c1-2-6-10(7-3-1)12-11-8-4-5-9-14-13(11)16-15-12/h10,14H,1-9H2. The van der Waals surface area contributed by atoms with E-state index >= 15 is 0 Å².